The highest BCUT2D eigenvalue weighted by molar-refractivity contribution is 9.10. The molecule has 9 heteroatoms. The molecule has 2 aromatic rings. The van der Waals surface area contributed by atoms with E-state index in [9.17, 15) is 9.59 Å². The summed E-state index contributed by atoms with van der Waals surface area (Å²) in [5.74, 6) is -0.366. The maximum Gasteiger partial charge on any atom is 0.234 e. The highest BCUT2D eigenvalue weighted by Crippen LogP contribution is 2.29. The number of benzene rings is 1. The summed E-state index contributed by atoms with van der Waals surface area (Å²) in [7, 11) is 0. The molecule has 0 bridgehead atoms. The molecule has 122 valence electrons. The van der Waals surface area contributed by atoms with Crippen molar-refractivity contribution in [1.29, 1.82) is 0 Å². The molecule has 23 heavy (non-hydrogen) atoms. The molecule has 0 fully saturated rings. The highest BCUT2D eigenvalue weighted by atomic mass is 79.9. The second-order valence-electron chi connectivity index (χ2n) is 4.59. The fourth-order valence-corrected chi connectivity index (χ4v) is 4.45. The number of hydrogen-bond acceptors (Lipinski definition) is 5. The molecular formula is C14H13BrClN3O2S2. The highest BCUT2D eigenvalue weighted by Gasteiger charge is 2.12. The second kappa shape index (κ2) is 8.14. The Kier molecular flexibility index (Phi) is 6.46. The number of aromatic nitrogens is 1. The van der Waals surface area contributed by atoms with Crippen molar-refractivity contribution >= 4 is 68.1 Å². The monoisotopic (exact) mass is 433 g/mol. The van der Waals surface area contributed by atoms with Crippen molar-refractivity contribution in [3.63, 3.8) is 0 Å². The van der Waals surface area contributed by atoms with Crippen LogP contribution in [-0.4, -0.2) is 22.6 Å². The lowest BCUT2D eigenvalue weighted by Crippen LogP contribution is -2.14. The number of halogens is 2. The Morgan fingerprint density at radius 2 is 2.22 bits per heavy atom. The summed E-state index contributed by atoms with van der Waals surface area (Å²) in [6.45, 7) is 1.82. The van der Waals surface area contributed by atoms with Gasteiger partial charge in [0.1, 0.15) is 0 Å². The van der Waals surface area contributed by atoms with Gasteiger partial charge in [0.25, 0.3) is 0 Å². The molecule has 0 spiro atoms. The van der Waals surface area contributed by atoms with Gasteiger partial charge in [-0.3, -0.25) is 9.59 Å². The number of anilines is 1. The number of nitrogens with zero attached hydrogens (tertiary/aromatic N) is 1. The van der Waals surface area contributed by atoms with E-state index in [4.69, 9.17) is 17.3 Å². The van der Waals surface area contributed by atoms with Gasteiger partial charge in [-0.2, -0.15) is 0 Å². The van der Waals surface area contributed by atoms with Gasteiger partial charge in [-0.15, -0.1) is 11.3 Å². The molecular weight excluding hydrogens is 422 g/mol. The van der Waals surface area contributed by atoms with Gasteiger partial charge in [0.15, 0.2) is 4.34 Å². The Labute approximate surface area is 155 Å². The number of primary amides is 1. The lowest BCUT2D eigenvalue weighted by atomic mass is 10.3. The van der Waals surface area contributed by atoms with Crippen LogP contribution in [0.15, 0.2) is 27.0 Å². The normalized spacial score (nSPS) is 10.6. The fourth-order valence-electron chi connectivity index (χ4n) is 1.69. The molecule has 1 aromatic carbocycles. The molecule has 0 saturated carbocycles. The van der Waals surface area contributed by atoms with E-state index in [1.807, 2.05) is 6.92 Å². The summed E-state index contributed by atoms with van der Waals surface area (Å²) in [5, 5.41) is 3.22. The first-order valence-electron chi connectivity index (χ1n) is 6.47. The molecule has 0 aliphatic rings. The predicted molar refractivity (Wildman–Crippen MR) is 98.3 cm³/mol. The van der Waals surface area contributed by atoms with Crippen LogP contribution in [0.5, 0.6) is 0 Å². The minimum atomic E-state index is -0.393. The minimum Gasteiger partial charge on any atom is -0.369 e. The lowest BCUT2D eigenvalue weighted by molar-refractivity contribution is -0.117. The van der Waals surface area contributed by atoms with Gasteiger partial charge < -0.3 is 11.1 Å². The summed E-state index contributed by atoms with van der Waals surface area (Å²) in [5.41, 5.74) is 6.52. The standard InChI is InChI=1S/C14H13BrClN3O2S2/c1-7-11(5-12(17)20)23-14(18-7)22-6-13(21)19-10-3-2-8(15)4-9(10)16/h2-4H,5-6H2,1H3,(H2,17,20)(H,19,21). The predicted octanol–water partition coefficient (Wildman–Crippen LogP) is 3.63. The smallest absolute Gasteiger partial charge is 0.234 e. The average molecular weight is 435 g/mol. The molecule has 0 radical (unpaired) electrons. The van der Waals surface area contributed by atoms with Crippen molar-refractivity contribution in [3.8, 4) is 0 Å². The molecule has 1 heterocycles. The van der Waals surface area contributed by atoms with Gasteiger partial charge in [0.05, 0.1) is 28.6 Å². The van der Waals surface area contributed by atoms with Crippen LogP contribution in [0.1, 0.15) is 10.6 Å². The molecule has 0 aliphatic heterocycles. The number of nitrogens with one attached hydrogen (secondary N) is 1. The van der Waals surface area contributed by atoms with E-state index >= 15 is 0 Å². The Bertz CT molecular complexity index is 752. The van der Waals surface area contributed by atoms with Crippen LogP contribution in [0.25, 0.3) is 0 Å². The number of nitrogens with two attached hydrogens (primary N) is 1. The van der Waals surface area contributed by atoms with Crippen molar-refractivity contribution in [2.75, 3.05) is 11.1 Å². The molecule has 2 rings (SSSR count). The summed E-state index contributed by atoms with van der Waals surface area (Å²) >= 11 is 12.1. The Morgan fingerprint density at radius 3 is 2.87 bits per heavy atom. The number of hydrogen-bond donors (Lipinski definition) is 2. The quantitative estimate of drug-likeness (QED) is 0.680. The van der Waals surface area contributed by atoms with Gasteiger partial charge >= 0.3 is 0 Å². The zero-order valence-electron chi connectivity index (χ0n) is 12.1. The average Bonchev–Trinajstić information content (AvgIpc) is 2.79. The van der Waals surface area contributed by atoms with Crippen LogP contribution in [0.4, 0.5) is 5.69 Å². The van der Waals surface area contributed by atoms with Gasteiger partial charge in [-0.25, -0.2) is 4.98 Å². The lowest BCUT2D eigenvalue weighted by Gasteiger charge is -2.06. The van der Waals surface area contributed by atoms with Gasteiger partial charge in [-0.05, 0) is 25.1 Å². The number of rotatable bonds is 6. The first kappa shape index (κ1) is 18.3. The Hall–Kier alpha value is -1.09. The number of carbonyl (C=O) groups excluding carboxylic acids is 2. The first-order chi connectivity index (χ1) is 10.8. The van der Waals surface area contributed by atoms with E-state index in [-0.39, 0.29) is 18.1 Å². The van der Waals surface area contributed by atoms with Crippen molar-refractivity contribution in [2.24, 2.45) is 5.73 Å². The van der Waals surface area contributed by atoms with E-state index in [0.29, 0.717) is 10.7 Å². The number of thioether (sulfide) groups is 1. The molecule has 2 amide bonds. The van der Waals surface area contributed by atoms with Crippen LogP contribution in [-0.2, 0) is 16.0 Å². The van der Waals surface area contributed by atoms with Gasteiger partial charge in [0.2, 0.25) is 11.8 Å². The molecule has 0 unspecified atom stereocenters. The molecule has 0 atom stereocenters. The maximum absolute atomic E-state index is 12.0. The molecule has 3 N–H and O–H groups in total. The molecule has 0 saturated heterocycles. The van der Waals surface area contributed by atoms with E-state index in [1.165, 1.54) is 23.1 Å². The topological polar surface area (TPSA) is 85.1 Å². The second-order valence-corrected chi connectivity index (χ2v) is 8.22. The third kappa shape index (κ3) is 5.49. The first-order valence-corrected chi connectivity index (χ1v) is 9.44. The summed E-state index contributed by atoms with van der Waals surface area (Å²) < 4.78 is 1.57. The van der Waals surface area contributed by atoms with Crippen LogP contribution < -0.4 is 11.1 Å². The van der Waals surface area contributed by atoms with Crippen LogP contribution in [0.2, 0.25) is 5.02 Å². The summed E-state index contributed by atoms with van der Waals surface area (Å²) in [6, 6.07) is 5.24. The maximum atomic E-state index is 12.0. The zero-order chi connectivity index (χ0) is 17.0. The number of aryl methyl sites for hydroxylation is 1. The third-order valence-electron chi connectivity index (χ3n) is 2.74. The SMILES string of the molecule is Cc1nc(SCC(=O)Nc2ccc(Br)cc2Cl)sc1CC(N)=O. The number of amides is 2. The van der Waals surface area contributed by atoms with E-state index in [0.717, 1.165) is 19.4 Å². The molecule has 1 aromatic heterocycles. The Morgan fingerprint density at radius 1 is 1.48 bits per heavy atom. The molecule has 5 nitrogen and oxygen atoms in total. The van der Waals surface area contributed by atoms with Crippen molar-refractivity contribution in [2.45, 2.75) is 17.7 Å². The van der Waals surface area contributed by atoms with Crippen LogP contribution in [0, 0.1) is 6.92 Å². The van der Waals surface area contributed by atoms with Gasteiger partial charge in [-0.1, -0.05) is 39.3 Å². The van der Waals surface area contributed by atoms with E-state index in [2.05, 4.69) is 26.2 Å². The van der Waals surface area contributed by atoms with E-state index in [1.54, 1.807) is 18.2 Å². The zero-order valence-corrected chi connectivity index (χ0v) is 16.0. The van der Waals surface area contributed by atoms with Crippen molar-refractivity contribution in [3.05, 3.63) is 38.3 Å². The summed E-state index contributed by atoms with van der Waals surface area (Å²) in [4.78, 5) is 28.1. The van der Waals surface area contributed by atoms with Crippen LogP contribution in [0.3, 0.4) is 0 Å². The number of carbonyl (C=O) groups is 2. The largest absolute Gasteiger partial charge is 0.369 e. The number of thiazole rings is 1. The van der Waals surface area contributed by atoms with Crippen LogP contribution >= 0.6 is 50.6 Å². The third-order valence-corrected chi connectivity index (χ3v) is 5.85. The minimum absolute atomic E-state index is 0.171. The van der Waals surface area contributed by atoms with Crippen molar-refractivity contribution < 1.29 is 9.59 Å². The molecule has 0 aliphatic carbocycles. The summed E-state index contributed by atoms with van der Waals surface area (Å²) in [6.07, 6.45) is 0.171. The van der Waals surface area contributed by atoms with Gasteiger partial charge in [0, 0.05) is 9.35 Å². The fraction of sp³-hybridized carbons (Fsp3) is 0.214. The Balaban J connectivity index is 1.93. The van der Waals surface area contributed by atoms with E-state index < -0.39 is 5.91 Å². The van der Waals surface area contributed by atoms with Crippen molar-refractivity contribution in [1.82, 2.24) is 4.98 Å².